The predicted octanol–water partition coefficient (Wildman–Crippen LogP) is 3.67. The van der Waals surface area contributed by atoms with Crippen molar-refractivity contribution in [3.05, 3.63) is 52.2 Å². The molecule has 2 aliphatic rings. The van der Waals surface area contributed by atoms with E-state index in [1.807, 2.05) is 51.6 Å². The molecule has 2 fully saturated rings. The van der Waals surface area contributed by atoms with Gasteiger partial charge in [0.1, 0.15) is 12.4 Å². The Morgan fingerprint density at radius 1 is 1.00 bits per heavy atom. The summed E-state index contributed by atoms with van der Waals surface area (Å²) < 4.78 is 5.93. The molecule has 0 bridgehead atoms. The van der Waals surface area contributed by atoms with Crippen molar-refractivity contribution in [2.24, 2.45) is 0 Å². The van der Waals surface area contributed by atoms with Gasteiger partial charge in [-0.3, -0.25) is 9.59 Å². The Bertz CT molecular complexity index is 782. The molecule has 0 aliphatic carbocycles. The molecule has 1 unspecified atom stereocenters. The third kappa shape index (κ3) is 4.00. The van der Waals surface area contributed by atoms with Gasteiger partial charge in [-0.1, -0.05) is 6.07 Å². The first-order valence-electron chi connectivity index (χ1n) is 9.59. The number of likely N-dealkylation sites (tertiary alicyclic amines) is 2. The van der Waals surface area contributed by atoms with E-state index in [4.69, 9.17) is 4.74 Å². The van der Waals surface area contributed by atoms with Crippen LogP contribution < -0.4 is 4.74 Å². The molecular weight excluding hydrogens is 360 g/mol. The van der Waals surface area contributed by atoms with Gasteiger partial charge in [0, 0.05) is 25.2 Å². The van der Waals surface area contributed by atoms with Gasteiger partial charge in [0.2, 0.25) is 0 Å². The van der Waals surface area contributed by atoms with Gasteiger partial charge in [-0.15, -0.1) is 11.3 Å². The summed E-state index contributed by atoms with van der Waals surface area (Å²) in [6, 6.07) is 11.3. The van der Waals surface area contributed by atoms with Gasteiger partial charge < -0.3 is 14.5 Å². The zero-order chi connectivity index (χ0) is 18.6. The van der Waals surface area contributed by atoms with Gasteiger partial charge in [0.15, 0.2) is 0 Å². The van der Waals surface area contributed by atoms with E-state index in [2.05, 4.69) is 0 Å². The SMILES string of the molecule is O=C(c1ccc(OCC2CCCN2C(=O)c2cccs2)cc1)N1CCCC1. The standard InChI is InChI=1S/C21H24N2O3S/c24-20(22-11-1-2-12-22)16-7-9-18(10-8-16)26-15-17-5-3-13-23(17)21(25)19-6-4-14-27-19/h4,6-10,14,17H,1-3,5,11-13,15H2. The predicted molar refractivity (Wildman–Crippen MR) is 105 cm³/mol. The lowest BCUT2D eigenvalue weighted by Crippen LogP contribution is -2.38. The number of carbonyl (C=O) groups excluding carboxylic acids is 2. The number of carbonyl (C=O) groups is 2. The van der Waals surface area contributed by atoms with Crippen LogP contribution in [0.4, 0.5) is 0 Å². The number of amides is 2. The molecule has 5 nitrogen and oxygen atoms in total. The molecule has 2 aromatic rings. The molecule has 0 N–H and O–H groups in total. The van der Waals surface area contributed by atoms with E-state index in [1.165, 1.54) is 11.3 Å². The van der Waals surface area contributed by atoms with Gasteiger partial charge in [-0.2, -0.15) is 0 Å². The number of nitrogens with zero attached hydrogens (tertiary/aromatic N) is 2. The van der Waals surface area contributed by atoms with Crippen molar-refractivity contribution in [1.29, 1.82) is 0 Å². The fourth-order valence-electron chi connectivity index (χ4n) is 3.81. The fourth-order valence-corrected chi connectivity index (χ4v) is 4.49. The van der Waals surface area contributed by atoms with E-state index in [0.717, 1.165) is 55.9 Å². The molecular formula is C21H24N2O3S. The van der Waals surface area contributed by atoms with Gasteiger partial charge in [-0.25, -0.2) is 0 Å². The molecule has 1 aromatic carbocycles. The summed E-state index contributed by atoms with van der Waals surface area (Å²) >= 11 is 1.48. The maximum Gasteiger partial charge on any atom is 0.264 e. The Hall–Kier alpha value is -2.34. The molecule has 1 aromatic heterocycles. The van der Waals surface area contributed by atoms with E-state index < -0.39 is 0 Å². The summed E-state index contributed by atoms with van der Waals surface area (Å²) in [7, 11) is 0. The van der Waals surface area contributed by atoms with Crippen LogP contribution in [0.25, 0.3) is 0 Å². The number of thiophene rings is 1. The monoisotopic (exact) mass is 384 g/mol. The van der Waals surface area contributed by atoms with E-state index in [0.29, 0.717) is 12.2 Å². The van der Waals surface area contributed by atoms with Gasteiger partial charge in [-0.05, 0) is 61.4 Å². The van der Waals surface area contributed by atoms with Crippen molar-refractivity contribution in [3.63, 3.8) is 0 Å². The number of benzene rings is 1. The second-order valence-electron chi connectivity index (χ2n) is 7.11. The maximum atomic E-state index is 12.6. The molecule has 2 saturated heterocycles. The van der Waals surface area contributed by atoms with Crippen molar-refractivity contribution < 1.29 is 14.3 Å². The van der Waals surface area contributed by atoms with Gasteiger partial charge in [0.25, 0.3) is 11.8 Å². The number of rotatable bonds is 5. The highest BCUT2D eigenvalue weighted by Crippen LogP contribution is 2.23. The molecule has 27 heavy (non-hydrogen) atoms. The highest BCUT2D eigenvalue weighted by Gasteiger charge is 2.30. The summed E-state index contributed by atoms with van der Waals surface area (Å²) in [5.41, 5.74) is 0.708. The average molecular weight is 385 g/mol. The van der Waals surface area contributed by atoms with E-state index in [9.17, 15) is 9.59 Å². The Morgan fingerprint density at radius 2 is 1.78 bits per heavy atom. The van der Waals surface area contributed by atoms with Crippen LogP contribution in [-0.2, 0) is 0 Å². The first-order valence-corrected chi connectivity index (χ1v) is 10.5. The van der Waals surface area contributed by atoms with E-state index >= 15 is 0 Å². The van der Waals surface area contributed by atoms with Crippen LogP contribution in [-0.4, -0.2) is 53.9 Å². The van der Waals surface area contributed by atoms with Crippen molar-refractivity contribution in [3.8, 4) is 5.75 Å². The molecule has 142 valence electrons. The smallest absolute Gasteiger partial charge is 0.264 e. The lowest BCUT2D eigenvalue weighted by molar-refractivity contribution is 0.0695. The van der Waals surface area contributed by atoms with Crippen LogP contribution >= 0.6 is 11.3 Å². The largest absolute Gasteiger partial charge is 0.491 e. The van der Waals surface area contributed by atoms with Crippen LogP contribution in [0, 0.1) is 0 Å². The molecule has 6 heteroatoms. The maximum absolute atomic E-state index is 12.6. The highest BCUT2D eigenvalue weighted by molar-refractivity contribution is 7.12. The molecule has 0 radical (unpaired) electrons. The summed E-state index contributed by atoms with van der Waals surface area (Å²) in [4.78, 5) is 29.6. The second-order valence-corrected chi connectivity index (χ2v) is 8.05. The van der Waals surface area contributed by atoms with E-state index in [-0.39, 0.29) is 17.9 Å². The van der Waals surface area contributed by atoms with Crippen LogP contribution in [0.5, 0.6) is 5.75 Å². The Labute approximate surface area is 163 Å². The topological polar surface area (TPSA) is 49.9 Å². The van der Waals surface area contributed by atoms with Gasteiger partial charge in [0.05, 0.1) is 10.9 Å². The number of hydrogen-bond acceptors (Lipinski definition) is 4. The quantitative estimate of drug-likeness (QED) is 0.790. The Morgan fingerprint density at radius 3 is 2.48 bits per heavy atom. The van der Waals surface area contributed by atoms with Crippen molar-refractivity contribution in [1.82, 2.24) is 9.80 Å². The van der Waals surface area contributed by atoms with Crippen LogP contribution in [0.1, 0.15) is 45.7 Å². The van der Waals surface area contributed by atoms with Crippen molar-refractivity contribution in [2.75, 3.05) is 26.2 Å². The molecule has 0 saturated carbocycles. The number of ether oxygens (including phenoxy) is 1. The fraction of sp³-hybridized carbons (Fsp3) is 0.429. The second kappa shape index (κ2) is 8.13. The molecule has 0 spiro atoms. The van der Waals surface area contributed by atoms with E-state index in [1.54, 1.807) is 0 Å². The summed E-state index contributed by atoms with van der Waals surface area (Å²) in [5, 5.41) is 1.93. The lowest BCUT2D eigenvalue weighted by atomic mass is 10.2. The molecule has 1 atom stereocenters. The van der Waals surface area contributed by atoms with Crippen LogP contribution in [0.3, 0.4) is 0 Å². The molecule has 3 heterocycles. The summed E-state index contributed by atoms with van der Waals surface area (Å²) in [6.45, 7) is 2.98. The zero-order valence-electron chi connectivity index (χ0n) is 15.3. The Kier molecular flexibility index (Phi) is 5.43. The normalized spacial score (nSPS) is 19.5. The lowest BCUT2D eigenvalue weighted by Gasteiger charge is -2.24. The highest BCUT2D eigenvalue weighted by atomic mass is 32.1. The first-order chi connectivity index (χ1) is 13.2. The summed E-state index contributed by atoms with van der Waals surface area (Å²) in [5.74, 6) is 0.939. The minimum atomic E-state index is 0.0996. The molecule has 2 aliphatic heterocycles. The summed E-state index contributed by atoms with van der Waals surface area (Å²) in [6.07, 6.45) is 4.15. The first kappa shape index (κ1) is 18.0. The van der Waals surface area contributed by atoms with Crippen molar-refractivity contribution in [2.45, 2.75) is 31.7 Å². The zero-order valence-corrected chi connectivity index (χ0v) is 16.1. The van der Waals surface area contributed by atoms with Crippen LogP contribution in [0.2, 0.25) is 0 Å². The number of hydrogen-bond donors (Lipinski definition) is 0. The van der Waals surface area contributed by atoms with Gasteiger partial charge >= 0.3 is 0 Å². The van der Waals surface area contributed by atoms with Crippen molar-refractivity contribution >= 4 is 23.2 Å². The average Bonchev–Trinajstić information content (AvgIpc) is 3.48. The third-order valence-corrected chi connectivity index (χ3v) is 6.16. The van der Waals surface area contributed by atoms with Crippen LogP contribution in [0.15, 0.2) is 41.8 Å². The minimum absolute atomic E-state index is 0.0996. The third-order valence-electron chi connectivity index (χ3n) is 5.31. The molecule has 4 rings (SSSR count). The molecule has 2 amide bonds. The minimum Gasteiger partial charge on any atom is -0.491 e. The Balaban J connectivity index is 1.34.